The number of nitrogens with one attached hydrogen (secondary N) is 2. The van der Waals surface area contributed by atoms with Gasteiger partial charge in [0, 0.05) is 33.0 Å². The van der Waals surface area contributed by atoms with Crippen LogP contribution in [0.3, 0.4) is 0 Å². The molecule has 0 unspecified atom stereocenters. The molecule has 2 N–H and O–H groups in total. The lowest BCUT2D eigenvalue weighted by Crippen LogP contribution is -2.40. The average Bonchev–Trinajstić information content (AvgIpc) is 2.89. The fourth-order valence-electron chi connectivity index (χ4n) is 4.65. The van der Waals surface area contributed by atoms with Crippen molar-refractivity contribution in [3.8, 4) is 22.5 Å². The summed E-state index contributed by atoms with van der Waals surface area (Å²) in [5.74, 6) is -0.406. The number of hydrogen-bond acceptors (Lipinski definition) is 4. The van der Waals surface area contributed by atoms with E-state index in [1.807, 2.05) is 126 Å². The van der Waals surface area contributed by atoms with E-state index in [1.54, 1.807) is 0 Å². The average molecular weight is 531 g/mol. The molecule has 6 heteroatoms. The van der Waals surface area contributed by atoms with E-state index in [0.29, 0.717) is 44.3 Å². The summed E-state index contributed by atoms with van der Waals surface area (Å²) in [6.07, 6.45) is 0. The van der Waals surface area contributed by atoms with Crippen molar-refractivity contribution in [2.45, 2.75) is 52.6 Å². The largest absolute Gasteiger partial charge is 0.347 e. The Kier molecular flexibility index (Phi) is 6.88. The lowest BCUT2D eigenvalue weighted by Gasteiger charge is -2.22. The molecule has 202 valence electrons. The van der Waals surface area contributed by atoms with E-state index in [2.05, 4.69) is 10.6 Å². The van der Waals surface area contributed by atoms with Gasteiger partial charge in [-0.25, -0.2) is 9.97 Å². The van der Waals surface area contributed by atoms with Crippen molar-refractivity contribution in [3.05, 3.63) is 96.1 Å². The molecule has 0 radical (unpaired) electrons. The third-order valence-corrected chi connectivity index (χ3v) is 6.34. The van der Waals surface area contributed by atoms with Gasteiger partial charge in [-0.2, -0.15) is 0 Å². The summed E-state index contributed by atoms with van der Waals surface area (Å²) in [6, 6.07) is 27.0. The Morgan fingerprint density at radius 3 is 1.27 bits per heavy atom. The summed E-state index contributed by atoms with van der Waals surface area (Å²) >= 11 is 0. The number of pyridine rings is 2. The summed E-state index contributed by atoms with van der Waals surface area (Å²) in [7, 11) is 0. The molecule has 0 atom stereocenters. The van der Waals surface area contributed by atoms with E-state index in [1.165, 1.54) is 0 Å². The van der Waals surface area contributed by atoms with Gasteiger partial charge in [0.25, 0.3) is 11.8 Å². The number of amides is 2. The molecule has 5 rings (SSSR count). The summed E-state index contributed by atoms with van der Waals surface area (Å²) in [5.41, 5.74) is 4.59. The van der Waals surface area contributed by atoms with E-state index in [-0.39, 0.29) is 11.8 Å². The van der Waals surface area contributed by atoms with Crippen molar-refractivity contribution < 1.29 is 9.59 Å². The quantitative estimate of drug-likeness (QED) is 0.241. The fourth-order valence-corrected chi connectivity index (χ4v) is 4.65. The van der Waals surface area contributed by atoms with Crippen LogP contribution in [0.2, 0.25) is 0 Å². The molecule has 0 aliphatic rings. The van der Waals surface area contributed by atoms with Gasteiger partial charge in [0.1, 0.15) is 0 Å². The molecule has 3 aromatic carbocycles. The normalized spacial score (nSPS) is 11.9. The number of benzene rings is 3. The van der Waals surface area contributed by atoms with Gasteiger partial charge >= 0.3 is 0 Å². The Morgan fingerprint density at radius 2 is 0.925 bits per heavy atom. The Morgan fingerprint density at radius 1 is 0.550 bits per heavy atom. The van der Waals surface area contributed by atoms with Gasteiger partial charge in [-0.15, -0.1) is 0 Å². The van der Waals surface area contributed by atoms with Gasteiger partial charge in [0.15, 0.2) is 0 Å². The lowest BCUT2D eigenvalue weighted by atomic mass is 9.97. The minimum atomic E-state index is -0.430. The van der Waals surface area contributed by atoms with Crippen molar-refractivity contribution in [1.82, 2.24) is 20.6 Å². The first-order chi connectivity index (χ1) is 18.9. The zero-order chi connectivity index (χ0) is 28.7. The number of hydrogen-bond donors (Lipinski definition) is 2. The zero-order valence-corrected chi connectivity index (χ0v) is 23.8. The van der Waals surface area contributed by atoms with Crippen LogP contribution < -0.4 is 10.6 Å². The van der Waals surface area contributed by atoms with Crippen LogP contribution in [0.1, 0.15) is 62.3 Å². The maximum atomic E-state index is 13.6. The van der Waals surface area contributed by atoms with Crippen molar-refractivity contribution >= 4 is 33.6 Å². The molecule has 0 aliphatic carbocycles. The molecule has 5 aromatic rings. The monoisotopic (exact) mass is 530 g/mol. The molecule has 2 aromatic heterocycles. The standard InChI is InChI=1S/C34H34N4O2/c1-33(2,3)37-31(39)25-18-27(21-13-9-7-10-14-21)35-29-20-30-24(17-23(25)29)26(32(40)38-34(4,5)6)19-28(36-30)22-15-11-8-12-16-22/h7-20H,1-6H3,(H,37,39)(H,38,40). The molecule has 6 nitrogen and oxygen atoms in total. The Balaban J connectivity index is 1.82. The topological polar surface area (TPSA) is 84.0 Å². The zero-order valence-electron chi connectivity index (χ0n) is 23.8. The highest BCUT2D eigenvalue weighted by atomic mass is 16.2. The van der Waals surface area contributed by atoms with Crippen molar-refractivity contribution in [1.29, 1.82) is 0 Å². The number of carbonyl (C=O) groups is 2. The molecular weight excluding hydrogens is 496 g/mol. The van der Waals surface area contributed by atoms with Crippen LogP contribution in [0.4, 0.5) is 0 Å². The van der Waals surface area contributed by atoms with Crippen molar-refractivity contribution in [3.63, 3.8) is 0 Å². The second-order valence-electron chi connectivity index (χ2n) is 12.1. The van der Waals surface area contributed by atoms with Crippen molar-refractivity contribution in [2.75, 3.05) is 0 Å². The van der Waals surface area contributed by atoms with Gasteiger partial charge < -0.3 is 10.6 Å². The first kappa shape index (κ1) is 27.0. The third-order valence-electron chi connectivity index (χ3n) is 6.34. The number of aromatic nitrogens is 2. The van der Waals surface area contributed by atoms with Crippen LogP contribution in [0.25, 0.3) is 44.3 Å². The molecule has 0 fully saturated rings. The van der Waals surface area contributed by atoms with E-state index < -0.39 is 11.1 Å². The second kappa shape index (κ2) is 10.2. The maximum Gasteiger partial charge on any atom is 0.252 e. The van der Waals surface area contributed by atoms with Gasteiger partial charge in [-0.05, 0) is 65.8 Å². The first-order valence-electron chi connectivity index (χ1n) is 13.4. The van der Waals surface area contributed by atoms with Crippen LogP contribution in [-0.2, 0) is 0 Å². The van der Waals surface area contributed by atoms with Gasteiger partial charge in [0.05, 0.1) is 33.5 Å². The highest BCUT2D eigenvalue weighted by molar-refractivity contribution is 6.14. The summed E-state index contributed by atoms with van der Waals surface area (Å²) in [5, 5.41) is 7.50. The number of fused-ring (bicyclic) bond motifs is 2. The molecule has 0 saturated heterocycles. The highest BCUT2D eigenvalue weighted by Gasteiger charge is 2.23. The molecular formula is C34H34N4O2. The molecule has 0 bridgehead atoms. The molecule has 2 heterocycles. The first-order valence-corrected chi connectivity index (χ1v) is 13.4. The van der Waals surface area contributed by atoms with Crippen LogP contribution in [0.15, 0.2) is 84.9 Å². The fraction of sp³-hybridized carbons (Fsp3) is 0.235. The summed E-state index contributed by atoms with van der Waals surface area (Å²) in [4.78, 5) is 37.1. The molecule has 0 spiro atoms. The molecule has 0 aliphatic heterocycles. The van der Waals surface area contributed by atoms with E-state index in [9.17, 15) is 9.59 Å². The second-order valence-corrected chi connectivity index (χ2v) is 12.1. The predicted molar refractivity (Wildman–Crippen MR) is 162 cm³/mol. The lowest BCUT2D eigenvalue weighted by molar-refractivity contribution is 0.0912. The Bertz CT molecular complexity index is 1610. The van der Waals surface area contributed by atoms with E-state index >= 15 is 0 Å². The van der Waals surface area contributed by atoms with Gasteiger partial charge in [0.2, 0.25) is 0 Å². The van der Waals surface area contributed by atoms with Crippen molar-refractivity contribution in [2.24, 2.45) is 0 Å². The minimum absolute atomic E-state index is 0.203. The Labute approximate surface area is 234 Å². The molecule has 2 amide bonds. The predicted octanol–water partition coefficient (Wildman–Crippen LogP) is 7.17. The molecule has 0 saturated carbocycles. The Hall–Kier alpha value is -4.58. The van der Waals surface area contributed by atoms with Crippen LogP contribution >= 0.6 is 0 Å². The molecule has 40 heavy (non-hydrogen) atoms. The maximum absolute atomic E-state index is 13.6. The third kappa shape index (κ3) is 5.86. The summed E-state index contributed by atoms with van der Waals surface area (Å²) in [6.45, 7) is 11.7. The van der Waals surface area contributed by atoms with Crippen LogP contribution in [-0.4, -0.2) is 32.9 Å². The minimum Gasteiger partial charge on any atom is -0.347 e. The van der Waals surface area contributed by atoms with Crippen LogP contribution in [0.5, 0.6) is 0 Å². The number of nitrogens with zero attached hydrogens (tertiary/aromatic N) is 2. The number of carbonyl (C=O) groups excluding carboxylic acids is 2. The van der Waals surface area contributed by atoms with Crippen LogP contribution in [0, 0.1) is 0 Å². The smallest absolute Gasteiger partial charge is 0.252 e. The highest BCUT2D eigenvalue weighted by Crippen LogP contribution is 2.32. The van der Waals surface area contributed by atoms with Gasteiger partial charge in [-0.3, -0.25) is 9.59 Å². The number of rotatable bonds is 4. The van der Waals surface area contributed by atoms with Gasteiger partial charge in [-0.1, -0.05) is 60.7 Å². The van der Waals surface area contributed by atoms with E-state index in [0.717, 1.165) is 11.1 Å². The summed E-state index contributed by atoms with van der Waals surface area (Å²) < 4.78 is 0. The SMILES string of the molecule is CC(C)(C)NC(=O)c1cc(-c2ccccc2)nc2cc3nc(-c4ccccc4)cc(C(=O)NC(C)(C)C)c3cc12. The van der Waals surface area contributed by atoms with E-state index in [4.69, 9.17) is 9.97 Å².